The molecular formula is C15H21BrN4O. The number of nitrogens with one attached hydrogen (secondary N) is 1. The van der Waals surface area contributed by atoms with Gasteiger partial charge < -0.3 is 10.1 Å². The van der Waals surface area contributed by atoms with Crippen molar-refractivity contribution in [3.05, 3.63) is 40.1 Å². The maximum atomic E-state index is 5.78. The van der Waals surface area contributed by atoms with Crippen LogP contribution in [-0.2, 0) is 13.1 Å². The minimum atomic E-state index is 0.577. The molecule has 0 spiro atoms. The molecule has 0 aliphatic heterocycles. The third-order valence-electron chi connectivity index (χ3n) is 3.03. The molecule has 0 fully saturated rings. The van der Waals surface area contributed by atoms with Gasteiger partial charge in [-0.1, -0.05) is 28.1 Å². The van der Waals surface area contributed by atoms with Gasteiger partial charge in [0.15, 0.2) is 0 Å². The van der Waals surface area contributed by atoms with Gasteiger partial charge in [0.25, 0.3) is 0 Å². The van der Waals surface area contributed by atoms with Crippen LogP contribution in [0.25, 0.3) is 0 Å². The monoisotopic (exact) mass is 352 g/mol. The summed E-state index contributed by atoms with van der Waals surface area (Å²) in [6, 6.07) is 6.00. The number of aryl methyl sites for hydroxylation is 1. The van der Waals surface area contributed by atoms with E-state index in [-0.39, 0.29) is 0 Å². The topological polar surface area (TPSA) is 52.0 Å². The average molecular weight is 353 g/mol. The van der Waals surface area contributed by atoms with Gasteiger partial charge in [-0.05, 0) is 43.7 Å². The van der Waals surface area contributed by atoms with Gasteiger partial charge >= 0.3 is 0 Å². The van der Waals surface area contributed by atoms with E-state index in [4.69, 9.17) is 4.74 Å². The Morgan fingerprint density at radius 3 is 3.00 bits per heavy atom. The van der Waals surface area contributed by atoms with Gasteiger partial charge in [-0.15, -0.1) is 5.10 Å². The summed E-state index contributed by atoms with van der Waals surface area (Å²) < 4.78 is 8.66. The number of ether oxygens (including phenoxy) is 1. The molecule has 0 aliphatic carbocycles. The van der Waals surface area contributed by atoms with Crippen molar-refractivity contribution in [1.82, 2.24) is 20.3 Å². The molecule has 0 aliphatic rings. The zero-order valence-electron chi connectivity index (χ0n) is 12.5. The summed E-state index contributed by atoms with van der Waals surface area (Å²) in [6.07, 6.45) is 3.08. The Balaban J connectivity index is 1.78. The fraction of sp³-hybridized carbons (Fsp3) is 0.467. The van der Waals surface area contributed by atoms with Gasteiger partial charge in [0, 0.05) is 17.2 Å². The summed E-state index contributed by atoms with van der Waals surface area (Å²) in [5.41, 5.74) is 2.08. The summed E-state index contributed by atoms with van der Waals surface area (Å²) >= 11 is 3.45. The largest absolute Gasteiger partial charge is 0.491 e. The van der Waals surface area contributed by atoms with Gasteiger partial charge in [-0.25, -0.2) is 4.68 Å². The number of hydrogen-bond acceptors (Lipinski definition) is 4. The number of halogens is 1. The third kappa shape index (κ3) is 5.13. The van der Waals surface area contributed by atoms with Crippen molar-refractivity contribution in [1.29, 1.82) is 0 Å². The lowest BCUT2D eigenvalue weighted by molar-refractivity contribution is 0.288. The molecule has 0 saturated carbocycles. The molecule has 0 saturated heterocycles. The normalized spacial score (nSPS) is 10.8. The Hall–Kier alpha value is -1.40. The van der Waals surface area contributed by atoms with Crippen molar-refractivity contribution in [2.75, 3.05) is 13.2 Å². The van der Waals surface area contributed by atoms with Crippen LogP contribution in [0.3, 0.4) is 0 Å². The van der Waals surface area contributed by atoms with Gasteiger partial charge in [0.05, 0.1) is 12.2 Å². The summed E-state index contributed by atoms with van der Waals surface area (Å²) in [6.45, 7) is 7.21. The molecule has 0 unspecified atom stereocenters. The van der Waals surface area contributed by atoms with E-state index in [9.17, 15) is 0 Å². The maximum Gasteiger partial charge on any atom is 0.122 e. The van der Waals surface area contributed by atoms with Gasteiger partial charge in [0.2, 0.25) is 0 Å². The highest BCUT2D eigenvalue weighted by Gasteiger charge is 2.02. The molecule has 5 nitrogen and oxygen atoms in total. The molecule has 0 amide bonds. The Labute approximate surface area is 133 Å². The van der Waals surface area contributed by atoms with Crippen LogP contribution in [0.5, 0.6) is 5.75 Å². The van der Waals surface area contributed by atoms with Crippen molar-refractivity contribution in [3.63, 3.8) is 0 Å². The molecule has 114 valence electrons. The van der Waals surface area contributed by atoms with Crippen LogP contribution < -0.4 is 10.1 Å². The molecule has 6 heteroatoms. The first kappa shape index (κ1) is 16.0. The number of hydrogen-bond donors (Lipinski definition) is 1. The summed E-state index contributed by atoms with van der Waals surface area (Å²) in [7, 11) is 0. The van der Waals surface area contributed by atoms with E-state index in [0.29, 0.717) is 13.2 Å². The molecule has 0 atom stereocenters. The van der Waals surface area contributed by atoms with Gasteiger partial charge in [0.1, 0.15) is 12.4 Å². The number of rotatable bonds is 8. The Bertz CT molecular complexity index is 571. The first-order valence-electron chi connectivity index (χ1n) is 7.17. The van der Waals surface area contributed by atoms with Crippen LogP contribution in [0.15, 0.2) is 28.9 Å². The van der Waals surface area contributed by atoms with Crippen LogP contribution in [0.1, 0.15) is 24.6 Å². The highest BCUT2D eigenvalue weighted by molar-refractivity contribution is 9.10. The van der Waals surface area contributed by atoms with E-state index in [1.54, 1.807) is 0 Å². The number of benzene rings is 1. The minimum absolute atomic E-state index is 0.577. The Morgan fingerprint density at radius 2 is 2.24 bits per heavy atom. The van der Waals surface area contributed by atoms with Crippen LogP contribution in [0.4, 0.5) is 0 Å². The minimum Gasteiger partial charge on any atom is -0.491 e. The van der Waals surface area contributed by atoms with Crippen molar-refractivity contribution in [2.45, 2.75) is 33.4 Å². The number of nitrogens with zero attached hydrogens (tertiary/aromatic N) is 3. The predicted octanol–water partition coefficient (Wildman–Crippen LogP) is 2.93. The molecule has 1 aromatic heterocycles. The van der Waals surface area contributed by atoms with E-state index < -0.39 is 0 Å². The van der Waals surface area contributed by atoms with Crippen molar-refractivity contribution in [2.24, 2.45) is 0 Å². The second-order valence-corrected chi connectivity index (χ2v) is 5.82. The van der Waals surface area contributed by atoms with Crippen LogP contribution in [0.2, 0.25) is 0 Å². The zero-order valence-corrected chi connectivity index (χ0v) is 14.1. The van der Waals surface area contributed by atoms with E-state index in [1.807, 2.05) is 36.0 Å². The van der Waals surface area contributed by atoms with Gasteiger partial charge in [-0.2, -0.15) is 0 Å². The Kier molecular flexibility index (Phi) is 6.20. The summed E-state index contributed by atoms with van der Waals surface area (Å²) in [5.74, 6) is 0.906. The summed E-state index contributed by atoms with van der Waals surface area (Å²) in [4.78, 5) is 0. The highest BCUT2D eigenvalue weighted by atomic mass is 79.9. The second kappa shape index (κ2) is 8.14. The van der Waals surface area contributed by atoms with Crippen LogP contribution >= 0.6 is 15.9 Å². The SMILES string of the molecule is CCCNCc1cn(CCOc2ccc(Br)cc2C)nn1. The highest BCUT2D eigenvalue weighted by Crippen LogP contribution is 2.22. The lowest BCUT2D eigenvalue weighted by Crippen LogP contribution is -2.14. The maximum absolute atomic E-state index is 5.78. The predicted molar refractivity (Wildman–Crippen MR) is 86.4 cm³/mol. The Morgan fingerprint density at radius 1 is 1.38 bits per heavy atom. The van der Waals surface area contributed by atoms with Crippen molar-refractivity contribution >= 4 is 15.9 Å². The van der Waals surface area contributed by atoms with E-state index in [2.05, 4.69) is 38.5 Å². The van der Waals surface area contributed by atoms with Gasteiger partial charge in [-0.3, -0.25) is 0 Å². The zero-order chi connectivity index (χ0) is 15.1. The third-order valence-corrected chi connectivity index (χ3v) is 3.53. The molecule has 0 bridgehead atoms. The first-order chi connectivity index (χ1) is 10.2. The van der Waals surface area contributed by atoms with Crippen LogP contribution in [0, 0.1) is 6.92 Å². The van der Waals surface area contributed by atoms with Crippen molar-refractivity contribution in [3.8, 4) is 5.75 Å². The fourth-order valence-corrected chi connectivity index (χ4v) is 2.42. The van der Waals surface area contributed by atoms with E-state index >= 15 is 0 Å². The molecule has 1 aromatic carbocycles. The smallest absolute Gasteiger partial charge is 0.122 e. The number of aromatic nitrogens is 3. The lowest BCUT2D eigenvalue weighted by Gasteiger charge is -2.09. The average Bonchev–Trinajstić information content (AvgIpc) is 2.89. The molecule has 2 aromatic rings. The van der Waals surface area contributed by atoms with Crippen LogP contribution in [-0.4, -0.2) is 28.1 Å². The lowest BCUT2D eigenvalue weighted by atomic mass is 10.2. The quantitative estimate of drug-likeness (QED) is 0.742. The standard InChI is InChI=1S/C15H21BrN4O/c1-3-6-17-10-14-11-20(19-18-14)7-8-21-15-5-4-13(16)9-12(15)2/h4-5,9,11,17H,3,6-8,10H2,1-2H3. The molecule has 1 heterocycles. The van der Waals surface area contributed by atoms with E-state index in [1.165, 1.54) is 0 Å². The molecule has 1 N–H and O–H groups in total. The molecule has 0 radical (unpaired) electrons. The van der Waals surface area contributed by atoms with E-state index in [0.717, 1.165) is 41.0 Å². The second-order valence-electron chi connectivity index (χ2n) is 4.91. The summed E-state index contributed by atoms with van der Waals surface area (Å²) in [5, 5.41) is 11.5. The molecule has 21 heavy (non-hydrogen) atoms. The molecular weight excluding hydrogens is 332 g/mol. The first-order valence-corrected chi connectivity index (χ1v) is 7.97. The van der Waals surface area contributed by atoms with Crippen molar-refractivity contribution < 1.29 is 4.74 Å². The fourth-order valence-electron chi connectivity index (χ4n) is 1.95. The molecule has 2 rings (SSSR count).